The van der Waals surface area contributed by atoms with E-state index in [9.17, 15) is 4.79 Å². The van der Waals surface area contributed by atoms with Crippen LogP contribution in [-0.2, 0) is 14.8 Å². The molecule has 112 valence electrons. The quantitative estimate of drug-likeness (QED) is 0.586. The smallest absolute Gasteiger partial charge is 0.193 e. The van der Waals surface area contributed by atoms with Crippen LogP contribution in [0.1, 0.15) is 39.9 Å². The third-order valence-corrected chi connectivity index (χ3v) is 8.55. The van der Waals surface area contributed by atoms with E-state index in [-0.39, 0.29) is 17.2 Å². The van der Waals surface area contributed by atoms with Gasteiger partial charge in [0, 0.05) is 6.42 Å². The predicted molar refractivity (Wildman–Crippen MR) is 82.0 cm³/mol. The number of hydrogen-bond donors (Lipinski definition) is 0. The fourth-order valence-corrected chi connectivity index (χ4v) is 3.38. The Hall–Kier alpha value is -1.20. The van der Waals surface area contributed by atoms with Crippen molar-refractivity contribution in [3.63, 3.8) is 0 Å². The highest BCUT2D eigenvalue weighted by Crippen LogP contribution is 2.43. The van der Waals surface area contributed by atoms with E-state index in [0.717, 1.165) is 0 Å². The highest BCUT2D eigenvalue weighted by Gasteiger charge is 2.45. The molecule has 1 aromatic heterocycles. The molecule has 0 aliphatic rings. The Bertz CT molecular complexity index is 474. The Labute approximate surface area is 122 Å². The SMILES string of the molecule is C=CC(=O)C[C@](C)(O[Si](C)(C)C(C)(C)C)c1cnco1. The summed E-state index contributed by atoms with van der Waals surface area (Å²) >= 11 is 0. The molecule has 0 N–H and O–H groups in total. The molecule has 1 atom stereocenters. The Morgan fingerprint density at radius 3 is 2.45 bits per heavy atom. The van der Waals surface area contributed by atoms with Crippen molar-refractivity contribution >= 4 is 14.1 Å². The first-order valence-electron chi connectivity index (χ1n) is 6.76. The van der Waals surface area contributed by atoms with Crippen LogP contribution < -0.4 is 0 Å². The summed E-state index contributed by atoms with van der Waals surface area (Å²) < 4.78 is 11.8. The number of carbonyl (C=O) groups excluding carboxylic acids is 1. The molecule has 0 aliphatic heterocycles. The molecule has 1 rings (SSSR count). The van der Waals surface area contributed by atoms with Gasteiger partial charge in [0.2, 0.25) is 0 Å². The number of allylic oxidation sites excluding steroid dienone is 1. The zero-order valence-electron chi connectivity index (χ0n) is 13.3. The summed E-state index contributed by atoms with van der Waals surface area (Å²) in [5.41, 5.74) is -0.801. The van der Waals surface area contributed by atoms with E-state index in [1.807, 2.05) is 6.92 Å². The van der Waals surface area contributed by atoms with Gasteiger partial charge in [-0.1, -0.05) is 27.4 Å². The summed E-state index contributed by atoms with van der Waals surface area (Å²) in [6.45, 7) is 16.2. The van der Waals surface area contributed by atoms with E-state index in [2.05, 4.69) is 45.4 Å². The summed E-state index contributed by atoms with van der Waals surface area (Å²) in [7, 11) is -2.05. The predicted octanol–water partition coefficient (Wildman–Crippen LogP) is 4.06. The van der Waals surface area contributed by atoms with Crippen LogP contribution >= 0.6 is 0 Å². The van der Waals surface area contributed by atoms with Crippen molar-refractivity contribution in [2.75, 3.05) is 0 Å². The Kier molecular flexibility index (Phi) is 4.76. The number of carbonyl (C=O) groups is 1. The molecule has 0 radical (unpaired) electrons. The number of oxazole rings is 1. The Morgan fingerprint density at radius 2 is 2.05 bits per heavy atom. The van der Waals surface area contributed by atoms with Crippen LogP contribution in [0.25, 0.3) is 0 Å². The van der Waals surface area contributed by atoms with Gasteiger partial charge in [0.05, 0.1) is 6.20 Å². The summed E-state index contributed by atoms with van der Waals surface area (Å²) in [4.78, 5) is 15.8. The van der Waals surface area contributed by atoms with Gasteiger partial charge in [-0.15, -0.1) is 0 Å². The summed E-state index contributed by atoms with van der Waals surface area (Å²) in [6.07, 6.45) is 4.51. The van der Waals surface area contributed by atoms with Gasteiger partial charge in [-0.25, -0.2) is 4.98 Å². The average molecular weight is 295 g/mol. The van der Waals surface area contributed by atoms with Crippen LogP contribution in [0.3, 0.4) is 0 Å². The lowest BCUT2D eigenvalue weighted by Crippen LogP contribution is -2.47. The normalized spacial score (nSPS) is 15.7. The lowest BCUT2D eigenvalue weighted by molar-refractivity contribution is -0.119. The van der Waals surface area contributed by atoms with Crippen molar-refractivity contribution in [3.05, 3.63) is 31.0 Å². The van der Waals surface area contributed by atoms with Crippen molar-refractivity contribution in [1.29, 1.82) is 0 Å². The number of aromatic nitrogens is 1. The maximum atomic E-state index is 11.8. The van der Waals surface area contributed by atoms with Gasteiger partial charge in [0.25, 0.3) is 0 Å². The highest BCUT2D eigenvalue weighted by atomic mass is 28.4. The molecule has 0 spiro atoms. The molecule has 0 amide bonds. The fraction of sp³-hybridized carbons (Fsp3) is 0.600. The molecule has 0 saturated carbocycles. The number of rotatable bonds is 6. The molecule has 0 saturated heterocycles. The first-order chi connectivity index (χ1) is 9.02. The van der Waals surface area contributed by atoms with Gasteiger partial charge in [0.15, 0.2) is 26.3 Å². The lowest BCUT2D eigenvalue weighted by atomic mass is 9.97. The molecule has 0 unspecified atom stereocenters. The Balaban J connectivity index is 3.13. The summed E-state index contributed by atoms with van der Waals surface area (Å²) in [5.74, 6) is 0.514. The molecule has 4 nitrogen and oxygen atoms in total. The third kappa shape index (κ3) is 3.67. The topological polar surface area (TPSA) is 52.3 Å². The van der Waals surface area contributed by atoms with Crippen LogP contribution in [0.5, 0.6) is 0 Å². The summed E-state index contributed by atoms with van der Waals surface area (Å²) in [6, 6.07) is 0. The van der Waals surface area contributed by atoms with Crippen molar-refractivity contribution < 1.29 is 13.6 Å². The van der Waals surface area contributed by atoms with Gasteiger partial charge < -0.3 is 8.84 Å². The van der Waals surface area contributed by atoms with Crippen LogP contribution in [0.15, 0.2) is 29.7 Å². The first kappa shape index (κ1) is 16.9. The second-order valence-electron chi connectivity index (χ2n) is 6.81. The van der Waals surface area contributed by atoms with E-state index in [4.69, 9.17) is 8.84 Å². The van der Waals surface area contributed by atoms with Crippen LogP contribution in [0.4, 0.5) is 0 Å². The molecule has 0 bridgehead atoms. The molecule has 0 aliphatic carbocycles. The zero-order chi connectivity index (χ0) is 15.6. The molecule has 20 heavy (non-hydrogen) atoms. The number of hydrogen-bond acceptors (Lipinski definition) is 4. The second kappa shape index (κ2) is 5.66. The maximum Gasteiger partial charge on any atom is 0.193 e. The van der Waals surface area contributed by atoms with Crippen molar-refractivity contribution in [1.82, 2.24) is 4.98 Å². The first-order valence-corrected chi connectivity index (χ1v) is 9.67. The van der Waals surface area contributed by atoms with E-state index in [0.29, 0.717) is 5.76 Å². The van der Waals surface area contributed by atoms with Crippen LogP contribution in [0, 0.1) is 0 Å². The standard InChI is InChI=1S/C15H25NO3Si/c1-8-12(17)9-15(5,13-10-16-11-18-13)19-20(6,7)14(2,3)4/h8,10-11H,1,9H2,2-7H3/t15-/m0/s1. The van der Waals surface area contributed by atoms with Gasteiger partial charge in [-0.05, 0) is 31.1 Å². The second-order valence-corrected chi connectivity index (χ2v) is 11.5. The maximum absolute atomic E-state index is 11.8. The van der Waals surface area contributed by atoms with Gasteiger partial charge in [0.1, 0.15) is 5.60 Å². The van der Waals surface area contributed by atoms with Crippen LogP contribution in [0.2, 0.25) is 18.1 Å². The van der Waals surface area contributed by atoms with Gasteiger partial charge >= 0.3 is 0 Å². The van der Waals surface area contributed by atoms with Crippen molar-refractivity contribution in [3.8, 4) is 0 Å². The molecule has 0 aromatic carbocycles. The monoisotopic (exact) mass is 295 g/mol. The summed E-state index contributed by atoms with van der Waals surface area (Å²) in [5, 5.41) is 0.0471. The van der Waals surface area contributed by atoms with Gasteiger partial charge in [-0.2, -0.15) is 0 Å². The van der Waals surface area contributed by atoms with Gasteiger partial charge in [-0.3, -0.25) is 4.79 Å². The minimum absolute atomic E-state index is 0.0471. The van der Waals surface area contributed by atoms with E-state index in [1.54, 1.807) is 6.20 Å². The lowest BCUT2D eigenvalue weighted by Gasteiger charge is -2.43. The van der Waals surface area contributed by atoms with E-state index >= 15 is 0 Å². The average Bonchev–Trinajstić information content (AvgIpc) is 2.80. The largest absolute Gasteiger partial charge is 0.445 e. The molecule has 0 fully saturated rings. The molecular weight excluding hydrogens is 270 g/mol. The number of nitrogens with zero attached hydrogens (tertiary/aromatic N) is 1. The minimum Gasteiger partial charge on any atom is -0.445 e. The van der Waals surface area contributed by atoms with Crippen molar-refractivity contribution in [2.45, 2.75) is 57.8 Å². The minimum atomic E-state index is -2.05. The molecule has 1 aromatic rings. The highest BCUT2D eigenvalue weighted by molar-refractivity contribution is 6.74. The molecule has 5 heteroatoms. The fourth-order valence-electron chi connectivity index (χ4n) is 1.77. The molecule has 1 heterocycles. The molecular formula is C15H25NO3Si. The van der Waals surface area contributed by atoms with E-state index < -0.39 is 13.9 Å². The van der Waals surface area contributed by atoms with E-state index in [1.165, 1.54) is 12.5 Å². The van der Waals surface area contributed by atoms with Crippen molar-refractivity contribution in [2.24, 2.45) is 0 Å². The number of ketones is 1. The van der Waals surface area contributed by atoms with Crippen LogP contribution in [-0.4, -0.2) is 19.1 Å². The zero-order valence-corrected chi connectivity index (χ0v) is 14.3. The Morgan fingerprint density at radius 1 is 1.45 bits per heavy atom. The third-order valence-electron chi connectivity index (χ3n) is 3.98.